The summed E-state index contributed by atoms with van der Waals surface area (Å²) >= 11 is 0. The summed E-state index contributed by atoms with van der Waals surface area (Å²) in [5.41, 5.74) is 7.03. The molecule has 7 heteroatoms. The second kappa shape index (κ2) is 5.02. The maximum Gasteiger partial charge on any atom is 0.241 e. The molecule has 0 radical (unpaired) electrons. The molecular formula is C12H16N4O2S. The first-order chi connectivity index (χ1) is 8.90. The Morgan fingerprint density at radius 1 is 1.42 bits per heavy atom. The predicted molar refractivity (Wildman–Crippen MR) is 72.9 cm³/mol. The molecule has 4 N–H and O–H groups in total. The van der Waals surface area contributed by atoms with Crippen LogP contribution in [0.1, 0.15) is 24.4 Å². The van der Waals surface area contributed by atoms with Crippen LogP contribution in [0, 0.1) is 6.92 Å². The summed E-state index contributed by atoms with van der Waals surface area (Å²) in [5.74, 6) is 0.559. The van der Waals surface area contributed by atoms with E-state index in [2.05, 4.69) is 14.7 Å². The molecule has 0 aliphatic heterocycles. The van der Waals surface area contributed by atoms with Gasteiger partial charge in [0, 0.05) is 18.1 Å². The Bertz CT molecular complexity index is 665. The summed E-state index contributed by atoms with van der Waals surface area (Å²) in [6.45, 7) is 3.54. The number of aryl methyl sites for hydroxylation is 1. The van der Waals surface area contributed by atoms with Crippen LogP contribution in [0.5, 0.6) is 0 Å². The van der Waals surface area contributed by atoms with Gasteiger partial charge >= 0.3 is 0 Å². The molecule has 1 heterocycles. The minimum Gasteiger partial charge on any atom is -0.398 e. The number of sulfonamides is 1. The minimum absolute atomic E-state index is 0.147. The van der Waals surface area contributed by atoms with Gasteiger partial charge < -0.3 is 10.7 Å². The van der Waals surface area contributed by atoms with Crippen molar-refractivity contribution in [2.75, 3.05) is 5.73 Å². The highest BCUT2D eigenvalue weighted by Gasteiger charge is 2.20. The number of aromatic amines is 1. The molecule has 19 heavy (non-hydrogen) atoms. The topological polar surface area (TPSA) is 101 Å². The predicted octanol–water partition coefficient (Wildman–Crippen LogP) is 1.34. The number of nitrogens with zero attached hydrogens (tertiary/aromatic N) is 1. The van der Waals surface area contributed by atoms with Gasteiger partial charge in [-0.15, -0.1) is 0 Å². The van der Waals surface area contributed by atoms with Crippen LogP contribution >= 0.6 is 0 Å². The van der Waals surface area contributed by atoms with Crippen molar-refractivity contribution in [2.45, 2.75) is 24.8 Å². The lowest BCUT2D eigenvalue weighted by atomic mass is 10.2. The highest BCUT2D eigenvalue weighted by Crippen LogP contribution is 2.19. The van der Waals surface area contributed by atoms with Gasteiger partial charge in [0.1, 0.15) is 5.82 Å². The maximum absolute atomic E-state index is 12.2. The van der Waals surface area contributed by atoms with Crippen LogP contribution in [0.3, 0.4) is 0 Å². The second-order valence-electron chi connectivity index (χ2n) is 4.34. The minimum atomic E-state index is -3.61. The molecule has 0 spiro atoms. The van der Waals surface area contributed by atoms with E-state index in [4.69, 9.17) is 5.73 Å². The molecule has 2 rings (SSSR count). The molecule has 2 aromatic rings. The lowest BCUT2D eigenvalue weighted by Gasteiger charge is -2.13. The molecule has 102 valence electrons. The Morgan fingerprint density at radius 3 is 2.74 bits per heavy atom. The van der Waals surface area contributed by atoms with Crippen molar-refractivity contribution >= 4 is 15.7 Å². The van der Waals surface area contributed by atoms with Crippen LogP contribution in [0.4, 0.5) is 5.69 Å². The molecule has 0 bridgehead atoms. The number of H-pyrrole nitrogens is 1. The van der Waals surface area contributed by atoms with Crippen molar-refractivity contribution in [3.63, 3.8) is 0 Å². The zero-order valence-electron chi connectivity index (χ0n) is 10.7. The van der Waals surface area contributed by atoms with Crippen LogP contribution in [-0.2, 0) is 10.0 Å². The van der Waals surface area contributed by atoms with Crippen LogP contribution in [0.2, 0.25) is 0 Å². The SMILES string of the molecule is Cc1ccc(S(=O)(=O)NC(C)c2ncc[nH]2)cc1N. The molecule has 6 nitrogen and oxygen atoms in total. The molecule has 0 saturated heterocycles. The standard InChI is InChI=1S/C12H16N4O2S/c1-8-3-4-10(7-11(8)13)19(17,18)16-9(2)12-14-5-6-15-12/h3-7,9,16H,13H2,1-2H3,(H,14,15). The Labute approximate surface area is 112 Å². The fourth-order valence-corrected chi connectivity index (χ4v) is 2.90. The van der Waals surface area contributed by atoms with Crippen molar-refractivity contribution in [3.05, 3.63) is 42.0 Å². The Morgan fingerprint density at radius 2 is 2.16 bits per heavy atom. The van der Waals surface area contributed by atoms with Crippen molar-refractivity contribution in [2.24, 2.45) is 0 Å². The third-order valence-electron chi connectivity index (χ3n) is 2.82. The van der Waals surface area contributed by atoms with Crippen molar-refractivity contribution in [3.8, 4) is 0 Å². The number of benzene rings is 1. The first kappa shape index (κ1) is 13.6. The smallest absolute Gasteiger partial charge is 0.241 e. The molecule has 0 amide bonds. The second-order valence-corrected chi connectivity index (χ2v) is 6.05. The van der Waals surface area contributed by atoms with E-state index in [1.54, 1.807) is 25.4 Å². The number of aromatic nitrogens is 2. The Hall–Kier alpha value is -1.86. The van der Waals surface area contributed by atoms with Crippen molar-refractivity contribution in [1.82, 2.24) is 14.7 Å². The molecule has 1 atom stereocenters. The number of anilines is 1. The quantitative estimate of drug-likeness (QED) is 0.736. The zero-order valence-corrected chi connectivity index (χ0v) is 11.5. The molecule has 1 aromatic carbocycles. The number of hydrogen-bond acceptors (Lipinski definition) is 4. The maximum atomic E-state index is 12.2. The fourth-order valence-electron chi connectivity index (χ4n) is 1.66. The summed E-state index contributed by atoms with van der Waals surface area (Å²) in [7, 11) is -3.61. The number of nitrogens with one attached hydrogen (secondary N) is 2. The number of nitrogen functional groups attached to an aromatic ring is 1. The van der Waals surface area contributed by atoms with Gasteiger partial charge in [-0.05, 0) is 31.5 Å². The van der Waals surface area contributed by atoms with Gasteiger partial charge in [0.05, 0.1) is 10.9 Å². The molecule has 1 aromatic heterocycles. The molecule has 0 saturated carbocycles. The van der Waals surface area contributed by atoms with Gasteiger partial charge in [-0.3, -0.25) is 0 Å². The van der Waals surface area contributed by atoms with Crippen molar-refractivity contribution < 1.29 is 8.42 Å². The highest BCUT2D eigenvalue weighted by atomic mass is 32.2. The van der Waals surface area contributed by atoms with E-state index >= 15 is 0 Å². The van der Waals surface area contributed by atoms with E-state index in [-0.39, 0.29) is 4.90 Å². The lowest BCUT2D eigenvalue weighted by molar-refractivity contribution is 0.561. The van der Waals surface area contributed by atoms with Gasteiger partial charge in [0.15, 0.2) is 0 Å². The van der Waals surface area contributed by atoms with Crippen LogP contribution in [0.25, 0.3) is 0 Å². The van der Waals surface area contributed by atoms with Crippen LogP contribution in [0.15, 0.2) is 35.5 Å². The first-order valence-electron chi connectivity index (χ1n) is 5.78. The van der Waals surface area contributed by atoms with Gasteiger partial charge in [0.25, 0.3) is 0 Å². The third-order valence-corrected chi connectivity index (χ3v) is 4.36. The van der Waals surface area contributed by atoms with Crippen molar-refractivity contribution in [1.29, 1.82) is 0 Å². The number of imidazole rings is 1. The molecular weight excluding hydrogens is 264 g/mol. The summed E-state index contributed by atoms with van der Waals surface area (Å²) in [5, 5.41) is 0. The number of rotatable bonds is 4. The van der Waals surface area contributed by atoms with Gasteiger partial charge in [-0.2, -0.15) is 0 Å². The van der Waals surface area contributed by atoms with E-state index in [0.29, 0.717) is 11.5 Å². The van der Waals surface area contributed by atoms with E-state index in [1.807, 2.05) is 6.92 Å². The molecule has 0 aliphatic rings. The number of nitrogens with two attached hydrogens (primary N) is 1. The monoisotopic (exact) mass is 280 g/mol. The zero-order chi connectivity index (χ0) is 14.0. The summed E-state index contributed by atoms with van der Waals surface area (Å²) in [6.07, 6.45) is 3.22. The number of hydrogen-bond donors (Lipinski definition) is 3. The van der Waals surface area contributed by atoms with E-state index in [0.717, 1.165) is 5.56 Å². The summed E-state index contributed by atoms with van der Waals surface area (Å²) in [6, 6.07) is 4.22. The molecule has 0 aliphatic carbocycles. The van der Waals surface area contributed by atoms with E-state index < -0.39 is 16.1 Å². The summed E-state index contributed by atoms with van der Waals surface area (Å²) < 4.78 is 26.9. The Balaban J connectivity index is 2.25. The van der Waals surface area contributed by atoms with Crippen LogP contribution < -0.4 is 10.5 Å². The van der Waals surface area contributed by atoms with E-state index in [9.17, 15) is 8.42 Å². The highest BCUT2D eigenvalue weighted by molar-refractivity contribution is 7.89. The van der Waals surface area contributed by atoms with Gasteiger partial charge in [-0.25, -0.2) is 18.1 Å². The Kier molecular flexibility index (Phi) is 3.59. The molecule has 1 unspecified atom stereocenters. The van der Waals surface area contributed by atoms with Crippen LogP contribution in [-0.4, -0.2) is 18.4 Å². The largest absolute Gasteiger partial charge is 0.398 e. The summed E-state index contributed by atoms with van der Waals surface area (Å²) in [4.78, 5) is 7.03. The van der Waals surface area contributed by atoms with Gasteiger partial charge in [0.2, 0.25) is 10.0 Å². The fraction of sp³-hybridized carbons (Fsp3) is 0.250. The van der Waals surface area contributed by atoms with Gasteiger partial charge in [-0.1, -0.05) is 6.07 Å². The lowest BCUT2D eigenvalue weighted by Crippen LogP contribution is -2.27. The average molecular weight is 280 g/mol. The third kappa shape index (κ3) is 2.94. The molecule has 0 fully saturated rings. The first-order valence-corrected chi connectivity index (χ1v) is 7.26. The average Bonchev–Trinajstić information content (AvgIpc) is 2.85. The van der Waals surface area contributed by atoms with E-state index in [1.165, 1.54) is 12.1 Å². The normalized spacial score (nSPS) is 13.4.